The number of hydrogen-bond donors (Lipinski definition) is 2. The van der Waals surface area contributed by atoms with Crippen molar-refractivity contribution in [2.45, 2.75) is 26.3 Å². The first kappa shape index (κ1) is 17.8. The Bertz CT molecular complexity index is 740. The molecule has 1 saturated heterocycles. The van der Waals surface area contributed by atoms with Gasteiger partial charge < -0.3 is 19.9 Å². The minimum Gasteiger partial charge on any atom is -0.395 e. The van der Waals surface area contributed by atoms with E-state index in [0.717, 1.165) is 30.2 Å². The van der Waals surface area contributed by atoms with Gasteiger partial charge in [-0.1, -0.05) is 11.6 Å². The van der Waals surface area contributed by atoms with E-state index < -0.39 is 0 Å². The molecule has 0 aliphatic carbocycles. The van der Waals surface area contributed by atoms with Crippen LogP contribution in [0.25, 0.3) is 0 Å². The SMILES string of the molecule is Cc1[nH]cnc1CN(CCO)C(=O)c1ccc(N2CCCC2)c(Cl)c1. The third-order valence-electron chi connectivity index (χ3n) is 4.57. The second kappa shape index (κ2) is 7.89. The van der Waals surface area contributed by atoms with Gasteiger partial charge in [0.1, 0.15) is 0 Å². The fourth-order valence-corrected chi connectivity index (χ4v) is 3.44. The largest absolute Gasteiger partial charge is 0.395 e. The highest BCUT2D eigenvalue weighted by atomic mass is 35.5. The molecule has 1 aromatic carbocycles. The number of anilines is 1. The number of benzene rings is 1. The Balaban J connectivity index is 1.79. The van der Waals surface area contributed by atoms with Crippen molar-refractivity contribution in [2.75, 3.05) is 31.1 Å². The van der Waals surface area contributed by atoms with Crippen LogP contribution in [0.1, 0.15) is 34.6 Å². The summed E-state index contributed by atoms with van der Waals surface area (Å²) in [5.41, 5.74) is 3.21. The molecule has 0 spiro atoms. The van der Waals surface area contributed by atoms with E-state index in [1.807, 2.05) is 19.1 Å². The molecule has 6 nitrogen and oxygen atoms in total. The molecule has 1 aromatic heterocycles. The molecule has 25 heavy (non-hydrogen) atoms. The molecule has 0 saturated carbocycles. The van der Waals surface area contributed by atoms with Gasteiger partial charge in [-0.05, 0) is 38.0 Å². The molecule has 2 N–H and O–H groups in total. The standard InChI is InChI=1S/C18H23ClN4O2/c1-13-16(21-12-20-13)11-23(8-9-24)18(25)14-4-5-17(15(19)10-14)22-6-2-3-7-22/h4-5,10,12,24H,2-3,6-9,11H2,1H3,(H,20,21). The maximum absolute atomic E-state index is 12.9. The smallest absolute Gasteiger partial charge is 0.254 e. The predicted octanol–water partition coefficient (Wildman–Crippen LogP) is 2.61. The average Bonchev–Trinajstić information content (AvgIpc) is 3.26. The maximum Gasteiger partial charge on any atom is 0.254 e. The molecule has 3 rings (SSSR count). The van der Waals surface area contributed by atoms with Crippen molar-refractivity contribution in [3.05, 3.63) is 46.5 Å². The van der Waals surface area contributed by atoms with Gasteiger partial charge in [-0.15, -0.1) is 0 Å². The van der Waals surface area contributed by atoms with Gasteiger partial charge in [-0.2, -0.15) is 0 Å². The summed E-state index contributed by atoms with van der Waals surface area (Å²) < 4.78 is 0. The lowest BCUT2D eigenvalue weighted by atomic mass is 10.1. The number of carbonyl (C=O) groups is 1. The van der Waals surface area contributed by atoms with Crippen LogP contribution in [-0.4, -0.2) is 52.1 Å². The second-order valence-electron chi connectivity index (χ2n) is 6.28. The fraction of sp³-hybridized carbons (Fsp3) is 0.444. The zero-order valence-corrected chi connectivity index (χ0v) is 15.1. The lowest BCUT2D eigenvalue weighted by Crippen LogP contribution is -2.33. The number of nitrogens with one attached hydrogen (secondary N) is 1. The van der Waals surface area contributed by atoms with Gasteiger partial charge in [0.05, 0.1) is 35.9 Å². The molecule has 1 aliphatic heterocycles. The van der Waals surface area contributed by atoms with E-state index in [2.05, 4.69) is 14.9 Å². The van der Waals surface area contributed by atoms with E-state index in [4.69, 9.17) is 11.6 Å². The molecule has 0 unspecified atom stereocenters. The molecule has 1 amide bonds. The number of aliphatic hydroxyl groups is 1. The van der Waals surface area contributed by atoms with Crippen molar-refractivity contribution in [2.24, 2.45) is 0 Å². The molecular weight excluding hydrogens is 340 g/mol. The van der Waals surface area contributed by atoms with Gasteiger partial charge in [0.25, 0.3) is 5.91 Å². The zero-order chi connectivity index (χ0) is 17.8. The van der Waals surface area contributed by atoms with E-state index in [9.17, 15) is 9.90 Å². The molecule has 0 bridgehead atoms. The third kappa shape index (κ3) is 3.96. The number of H-pyrrole nitrogens is 1. The molecular formula is C18H23ClN4O2. The van der Waals surface area contributed by atoms with Crippen molar-refractivity contribution < 1.29 is 9.90 Å². The lowest BCUT2D eigenvalue weighted by molar-refractivity contribution is 0.0705. The Morgan fingerprint density at radius 3 is 2.76 bits per heavy atom. The highest BCUT2D eigenvalue weighted by Crippen LogP contribution is 2.30. The summed E-state index contributed by atoms with van der Waals surface area (Å²) in [6, 6.07) is 5.45. The first-order chi connectivity index (χ1) is 12.1. The number of hydrogen-bond acceptors (Lipinski definition) is 4. The Kier molecular flexibility index (Phi) is 5.60. The molecule has 1 aliphatic rings. The molecule has 0 radical (unpaired) electrons. The van der Waals surface area contributed by atoms with Gasteiger partial charge in [-0.3, -0.25) is 4.79 Å². The molecule has 1 fully saturated rings. The summed E-state index contributed by atoms with van der Waals surface area (Å²) in [7, 11) is 0. The minimum absolute atomic E-state index is 0.102. The highest BCUT2D eigenvalue weighted by molar-refractivity contribution is 6.33. The normalized spacial score (nSPS) is 14.1. The van der Waals surface area contributed by atoms with Crippen molar-refractivity contribution in [1.82, 2.24) is 14.9 Å². The molecule has 0 atom stereocenters. The van der Waals surface area contributed by atoms with Crippen LogP contribution in [0.4, 0.5) is 5.69 Å². The van der Waals surface area contributed by atoms with Crippen LogP contribution in [0.5, 0.6) is 0 Å². The van der Waals surface area contributed by atoms with Crippen LogP contribution in [0.3, 0.4) is 0 Å². The maximum atomic E-state index is 12.9. The quantitative estimate of drug-likeness (QED) is 0.828. The van der Waals surface area contributed by atoms with Crippen molar-refractivity contribution in [3.8, 4) is 0 Å². The molecule has 134 valence electrons. The Morgan fingerprint density at radius 2 is 2.16 bits per heavy atom. The number of aliphatic hydroxyl groups excluding tert-OH is 1. The number of aromatic amines is 1. The number of aromatic nitrogens is 2. The number of nitrogens with zero attached hydrogens (tertiary/aromatic N) is 3. The van der Waals surface area contributed by atoms with Crippen LogP contribution in [0, 0.1) is 6.92 Å². The zero-order valence-electron chi connectivity index (χ0n) is 14.3. The summed E-state index contributed by atoms with van der Waals surface area (Å²) in [5, 5.41) is 9.91. The predicted molar refractivity (Wildman–Crippen MR) is 98.1 cm³/mol. The molecule has 7 heteroatoms. The molecule has 2 aromatic rings. The minimum atomic E-state index is -0.161. The van der Waals surface area contributed by atoms with Crippen molar-refractivity contribution >= 4 is 23.2 Å². The summed E-state index contributed by atoms with van der Waals surface area (Å²) in [5.74, 6) is -0.161. The number of amides is 1. The van der Waals surface area contributed by atoms with E-state index in [1.165, 1.54) is 12.8 Å². The van der Waals surface area contributed by atoms with Crippen LogP contribution in [-0.2, 0) is 6.54 Å². The van der Waals surface area contributed by atoms with E-state index in [1.54, 1.807) is 17.3 Å². The van der Waals surface area contributed by atoms with E-state index >= 15 is 0 Å². The van der Waals surface area contributed by atoms with Gasteiger partial charge in [0.2, 0.25) is 0 Å². The van der Waals surface area contributed by atoms with Crippen LogP contribution in [0.15, 0.2) is 24.5 Å². The number of rotatable bonds is 6. The number of aryl methyl sites for hydroxylation is 1. The third-order valence-corrected chi connectivity index (χ3v) is 4.88. The first-order valence-corrected chi connectivity index (χ1v) is 8.91. The Hall–Kier alpha value is -2.05. The van der Waals surface area contributed by atoms with Crippen LogP contribution < -0.4 is 4.90 Å². The average molecular weight is 363 g/mol. The highest BCUT2D eigenvalue weighted by Gasteiger charge is 2.20. The van der Waals surface area contributed by atoms with Crippen LogP contribution >= 0.6 is 11.6 Å². The van der Waals surface area contributed by atoms with E-state index in [-0.39, 0.29) is 19.1 Å². The second-order valence-corrected chi connectivity index (χ2v) is 6.69. The first-order valence-electron chi connectivity index (χ1n) is 8.53. The van der Waals surface area contributed by atoms with Gasteiger partial charge in [0, 0.05) is 30.9 Å². The Labute approximate surface area is 152 Å². The number of halogens is 1. The summed E-state index contributed by atoms with van der Waals surface area (Å²) in [6.45, 7) is 4.40. The lowest BCUT2D eigenvalue weighted by Gasteiger charge is -2.23. The molecule has 2 heterocycles. The van der Waals surface area contributed by atoms with E-state index in [0.29, 0.717) is 17.1 Å². The summed E-state index contributed by atoms with van der Waals surface area (Å²) in [4.78, 5) is 23.9. The number of imidazole rings is 1. The Morgan fingerprint density at radius 1 is 1.40 bits per heavy atom. The summed E-state index contributed by atoms with van der Waals surface area (Å²) >= 11 is 6.42. The fourth-order valence-electron chi connectivity index (χ4n) is 3.14. The van der Waals surface area contributed by atoms with Crippen molar-refractivity contribution in [1.29, 1.82) is 0 Å². The monoisotopic (exact) mass is 362 g/mol. The topological polar surface area (TPSA) is 72.5 Å². The van der Waals surface area contributed by atoms with Gasteiger partial charge in [-0.25, -0.2) is 4.98 Å². The number of carbonyl (C=O) groups excluding carboxylic acids is 1. The van der Waals surface area contributed by atoms with Crippen molar-refractivity contribution in [3.63, 3.8) is 0 Å². The van der Waals surface area contributed by atoms with Gasteiger partial charge >= 0.3 is 0 Å². The van der Waals surface area contributed by atoms with Crippen LogP contribution in [0.2, 0.25) is 5.02 Å². The van der Waals surface area contributed by atoms with Gasteiger partial charge in [0.15, 0.2) is 0 Å². The summed E-state index contributed by atoms with van der Waals surface area (Å²) in [6.07, 6.45) is 3.95.